The van der Waals surface area contributed by atoms with Crippen molar-refractivity contribution in [1.82, 2.24) is 4.90 Å². The Bertz CT molecular complexity index is 774. The number of hydrogen-bond donors (Lipinski definition) is 0. The van der Waals surface area contributed by atoms with Crippen molar-refractivity contribution >= 4 is 5.78 Å². The average molecular weight is 351 g/mol. The molecule has 0 aromatic heterocycles. The van der Waals surface area contributed by atoms with Gasteiger partial charge in [-0.25, -0.2) is 0 Å². The molecule has 4 nitrogen and oxygen atoms in total. The summed E-state index contributed by atoms with van der Waals surface area (Å²) < 4.78 is 11.1. The number of carbonyl (C=O) groups is 1. The van der Waals surface area contributed by atoms with Gasteiger partial charge < -0.3 is 14.4 Å². The van der Waals surface area contributed by atoms with Crippen LogP contribution < -0.4 is 9.47 Å². The van der Waals surface area contributed by atoms with Crippen molar-refractivity contribution in [2.24, 2.45) is 5.92 Å². The van der Waals surface area contributed by atoms with Gasteiger partial charge in [-0.2, -0.15) is 0 Å². The van der Waals surface area contributed by atoms with Gasteiger partial charge >= 0.3 is 0 Å². The Morgan fingerprint density at radius 2 is 1.88 bits per heavy atom. The zero-order chi connectivity index (χ0) is 17.9. The highest BCUT2D eigenvalue weighted by atomic mass is 16.6. The number of rotatable bonds is 5. The number of benzene rings is 2. The maximum Gasteiger partial charge on any atom is 0.167 e. The number of ketones is 1. The topological polar surface area (TPSA) is 38.8 Å². The van der Waals surface area contributed by atoms with Crippen LogP contribution in [0.2, 0.25) is 0 Å². The highest BCUT2D eigenvalue weighted by molar-refractivity contribution is 5.98. The Hall–Kier alpha value is -2.33. The van der Waals surface area contributed by atoms with Gasteiger partial charge in [0.25, 0.3) is 0 Å². The number of Topliss-reactive ketones (excluding diaryl/α,β-unsaturated/α-hetero) is 1. The molecule has 0 bridgehead atoms. The summed E-state index contributed by atoms with van der Waals surface area (Å²) in [5, 5.41) is 0. The monoisotopic (exact) mass is 351 g/mol. The smallest absolute Gasteiger partial charge is 0.167 e. The molecule has 1 fully saturated rings. The van der Waals surface area contributed by atoms with E-state index in [0.29, 0.717) is 30.4 Å². The van der Waals surface area contributed by atoms with Gasteiger partial charge in [-0.15, -0.1) is 0 Å². The number of hydrogen-bond acceptors (Lipinski definition) is 4. The number of fused-ring (bicyclic) bond motifs is 1. The summed E-state index contributed by atoms with van der Waals surface area (Å²) in [6, 6.07) is 16.2. The first-order valence-corrected chi connectivity index (χ1v) is 9.42. The van der Waals surface area contributed by atoms with Crippen LogP contribution in [0.25, 0.3) is 0 Å². The summed E-state index contributed by atoms with van der Waals surface area (Å²) >= 11 is 0. The van der Waals surface area contributed by atoms with Gasteiger partial charge in [0.1, 0.15) is 13.2 Å². The zero-order valence-electron chi connectivity index (χ0n) is 15.2. The minimum absolute atomic E-state index is 0.0351. The Balaban J connectivity index is 1.37. The van der Waals surface area contributed by atoms with E-state index in [4.69, 9.17) is 9.47 Å². The van der Waals surface area contributed by atoms with Crippen LogP contribution in [0.1, 0.15) is 35.2 Å². The zero-order valence-corrected chi connectivity index (χ0v) is 15.2. The quantitative estimate of drug-likeness (QED) is 0.769. The fourth-order valence-corrected chi connectivity index (χ4v) is 3.95. The van der Waals surface area contributed by atoms with Crippen molar-refractivity contribution < 1.29 is 14.3 Å². The SMILES string of the molecule is CC(CN1CCC(c2ccccc2)C1)C(=O)c1ccc2c(c1)OCCO2. The first-order valence-electron chi connectivity index (χ1n) is 9.42. The Kier molecular flexibility index (Phi) is 4.93. The second kappa shape index (κ2) is 7.50. The molecule has 2 heterocycles. The normalized spacial score (nSPS) is 20.7. The molecule has 0 spiro atoms. The fraction of sp³-hybridized carbons (Fsp3) is 0.409. The maximum absolute atomic E-state index is 12.8. The molecule has 1 saturated heterocycles. The predicted molar refractivity (Wildman–Crippen MR) is 101 cm³/mol. The van der Waals surface area contributed by atoms with E-state index in [1.54, 1.807) is 0 Å². The second-order valence-electron chi connectivity index (χ2n) is 7.28. The van der Waals surface area contributed by atoms with E-state index in [9.17, 15) is 4.79 Å². The van der Waals surface area contributed by atoms with Crippen LogP contribution in [0.4, 0.5) is 0 Å². The van der Waals surface area contributed by atoms with Gasteiger partial charge in [0.2, 0.25) is 0 Å². The van der Waals surface area contributed by atoms with Crippen molar-refractivity contribution in [2.75, 3.05) is 32.8 Å². The summed E-state index contributed by atoms with van der Waals surface area (Å²) in [5.41, 5.74) is 2.11. The molecule has 26 heavy (non-hydrogen) atoms. The first kappa shape index (κ1) is 17.1. The molecule has 2 aliphatic rings. The average Bonchev–Trinajstić information content (AvgIpc) is 3.16. The van der Waals surface area contributed by atoms with Gasteiger partial charge in [0, 0.05) is 24.6 Å². The van der Waals surface area contributed by atoms with E-state index in [2.05, 4.69) is 35.2 Å². The van der Waals surface area contributed by atoms with E-state index < -0.39 is 0 Å². The molecule has 136 valence electrons. The largest absolute Gasteiger partial charge is 0.486 e. The summed E-state index contributed by atoms with van der Waals surface area (Å²) in [7, 11) is 0. The molecule has 0 N–H and O–H groups in total. The molecule has 0 radical (unpaired) electrons. The molecule has 2 aromatic carbocycles. The lowest BCUT2D eigenvalue weighted by atomic mass is 9.97. The lowest BCUT2D eigenvalue weighted by Gasteiger charge is -2.22. The van der Waals surface area contributed by atoms with E-state index >= 15 is 0 Å². The van der Waals surface area contributed by atoms with Crippen LogP contribution in [0, 0.1) is 5.92 Å². The van der Waals surface area contributed by atoms with Crippen LogP contribution in [-0.4, -0.2) is 43.5 Å². The van der Waals surface area contributed by atoms with Crippen molar-refractivity contribution in [1.29, 1.82) is 0 Å². The van der Waals surface area contributed by atoms with E-state index in [1.807, 2.05) is 25.1 Å². The van der Waals surface area contributed by atoms with Crippen molar-refractivity contribution in [2.45, 2.75) is 19.3 Å². The van der Waals surface area contributed by atoms with Crippen molar-refractivity contribution in [3.8, 4) is 11.5 Å². The molecule has 2 unspecified atom stereocenters. The van der Waals surface area contributed by atoms with Crippen LogP contribution in [0.3, 0.4) is 0 Å². The standard InChI is InChI=1S/C22H25NO3/c1-16(14-23-10-9-19(15-23)17-5-3-2-4-6-17)22(24)18-7-8-20-21(13-18)26-12-11-25-20/h2-8,13,16,19H,9-12,14-15H2,1H3. The maximum atomic E-state index is 12.8. The van der Waals surface area contributed by atoms with Crippen molar-refractivity contribution in [3.63, 3.8) is 0 Å². The minimum atomic E-state index is -0.0351. The minimum Gasteiger partial charge on any atom is -0.486 e. The third-order valence-electron chi connectivity index (χ3n) is 5.35. The Morgan fingerprint density at radius 3 is 2.69 bits per heavy atom. The summed E-state index contributed by atoms with van der Waals surface area (Å²) in [6.45, 7) is 6.01. The van der Waals surface area contributed by atoms with E-state index in [-0.39, 0.29) is 11.7 Å². The molecule has 0 saturated carbocycles. The van der Waals surface area contributed by atoms with Crippen LogP contribution in [-0.2, 0) is 0 Å². The van der Waals surface area contributed by atoms with Crippen LogP contribution in [0.15, 0.2) is 48.5 Å². The number of nitrogens with zero attached hydrogens (tertiary/aromatic N) is 1. The van der Waals surface area contributed by atoms with Crippen LogP contribution in [0.5, 0.6) is 11.5 Å². The Morgan fingerprint density at radius 1 is 1.12 bits per heavy atom. The second-order valence-corrected chi connectivity index (χ2v) is 7.28. The fourth-order valence-electron chi connectivity index (χ4n) is 3.95. The summed E-state index contributed by atoms with van der Waals surface area (Å²) in [5.74, 6) is 2.12. The highest BCUT2D eigenvalue weighted by Gasteiger charge is 2.27. The van der Waals surface area contributed by atoms with Gasteiger partial charge in [0.05, 0.1) is 0 Å². The lowest BCUT2D eigenvalue weighted by Crippen LogP contribution is -2.30. The molecule has 4 heteroatoms. The number of carbonyl (C=O) groups excluding carboxylic acids is 1. The number of ether oxygens (including phenoxy) is 2. The summed E-state index contributed by atoms with van der Waals surface area (Å²) in [4.78, 5) is 15.3. The van der Waals surface area contributed by atoms with Gasteiger partial charge in [-0.3, -0.25) is 4.79 Å². The molecule has 2 aromatic rings. The number of likely N-dealkylation sites (tertiary alicyclic amines) is 1. The van der Waals surface area contributed by atoms with Gasteiger partial charge in [-0.1, -0.05) is 37.3 Å². The molecular weight excluding hydrogens is 326 g/mol. The van der Waals surface area contributed by atoms with E-state index in [0.717, 1.165) is 31.8 Å². The van der Waals surface area contributed by atoms with Gasteiger partial charge in [0.15, 0.2) is 17.3 Å². The molecule has 4 rings (SSSR count). The molecule has 0 aliphatic carbocycles. The first-order chi connectivity index (χ1) is 12.7. The molecule has 2 atom stereocenters. The highest BCUT2D eigenvalue weighted by Crippen LogP contribution is 2.32. The summed E-state index contributed by atoms with van der Waals surface area (Å²) in [6.07, 6.45) is 1.16. The molecular formula is C22H25NO3. The molecule has 0 amide bonds. The Labute approximate surface area is 154 Å². The third-order valence-corrected chi connectivity index (χ3v) is 5.35. The van der Waals surface area contributed by atoms with E-state index in [1.165, 1.54) is 5.56 Å². The van der Waals surface area contributed by atoms with Crippen LogP contribution >= 0.6 is 0 Å². The predicted octanol–water partition coefficient (Wildman–Crippen LogP) is 3.77. The lowest BCUT2D eigenvalue weighted by molar-refractivity contribution is 0.0901. The molecule has 2 aliphatic heterocycles. The van der Waals surface area contributed by atoms with Gasteiger partial charge in [-0.05, 0) is 42.6 Å². The van der Waals surface area contributed by atoms with Crippen molar-refractivity contribution in [3.05, 3.63) is 59.7 Å². The third kappa shape index (κ3) is 3.61.